The average Bonchev–Trinajstić information content (AvgIpc) is 1.60. The third kappa shape index (κ3) is 13.6. The van der Waals surface area contributed by atoms with Crippen molar-refractivity contribution in [2.24, 2.45) is 0 Å². The van der Waals surface area contributed by atoms with Gasteiger partial charge >= 0.3 is 0 Å². The second kappa shape index (κ2) is 27.2. The molecule has 6 aliphatic rings. The lowest BCUT2D eigenvalue weighted by molar-refractivity contribution is -0.438. The van der Waals surface area contributed by atoms with Gasteiger partial charge in [0.15, 0.2) is 11.4 Å². The van der Waals surface area contributed by atoms with Crippen LogP contribution in [0.3, 0.4) is 0 Å². The van der Waals surface area contributed by atoms with Gasteiger partial charge in [-0.1, -0.05) is 160 Å². The Morgan fingerprint density at radius 3 is 1.27 bits per heavy atom. The molecule has 0 unspecified atom stereocenters. The molecule has 95 heavy (non-hydrogen) atoms. The summed E-state index contributed by atoms with van der Waals surface area (Å²) in [5.74, 6) is -0.750. The zero-order valence-corrected chi connectivity index (χ0v) is 59.3. The first-order chi connectivity index (χ1) is 45.3. The fourth-order valence-corrected chi connectivity index (χ4v) is 17.7. The van der Waals surface area contributed by atoms with E-state index in [1.54, 1.807) is 0 Å². The van der Waals surface area contributed by atoms with Crippen molar-refractivity contribution in [2.45, 2.75) is 141 Å². The first-order valence-corrected chi connectivity index (χ1v) is 37.7. The topological polar surface area (TPSA) is 136 Å². The molecule has 2 aliphatic carbocycles. The quantitative estimate of drug-likeness (QED) is 0.0370. The lowest BCUT2D eigenvalue weighted by atomic mass is 9.78. The summed E-state index contributed by atoms with van der Waals surface area (Å²) in [5, 5.41) is 6.26. The van der Waals surface area contributed by atoms with E-state index in [-0.39, 0.29) is 33.2 Å². The Bertz CT molecular complexity index is 4340. The van der Waals surface area contributed by atoms with Crippen molar-refractivity contribution in [3.8, 4) is 0 Å². The number of anilines is 2. The van der Waals surface area contributed by atoms with E-state index in [4.69, 9.17) is 27.9 Å². The van der Waals surface area contributed by atoms with Gasteiger partial charge in [0.25, 0.3) is 0 Å². The van der Waals surface area contributed by atoms with Crippen molar-refractivity contribution in [2.75, 3.05) is 60.7 Å². The van der Waals surface area contributed by atoms with Crippen LogP contribution < -0.4 is 9.80 Å². The van der Waals surface area contributed by atoms with Gasteiger partial charge in [-0.05, 0) is 170 Å². The summed E-state index contributed by atoms with van der Waals surface area (Å²) in [4.78, 5) is 4.84. The molecular formula is C80H88Cl2N4O7S2. The van der Waals surface area contributed by atoms with Crippen LogP contribution in [0.4, 0.5) is 22.7 Å². The summed E-state index contributed by atoms with van der Waals surface area (Å²) in [6.07, 6.45) is 24.8. The van der Waals surface area contributed by atoms with E-state index in [0.29, 0.717) is 65.1 Å². The number of rotatable bonds is 22. The van der Waals surface area contributed by atoms with E-state index in [1.165, 1.54) is 66.6 Å². The number of benzene rings is 6. The molecule has 0 amide bonds. The zero-order chi connectivity index (χ0) is 67.2. The third-order valence-electron chi connectivity index (χ3n) is 20.8. The number of halogens is 2. The van der Waals surface area contributed by atoms with E-state index in [0.717, 1.165) is 93.7 Å². The van der Waals surface area contributed by atoms with Gasteiger partial charge in [0.2, 0.25) is 11.4 Å². The number of unbranched alkanes of at least 4 members (excludes halogenated alkanes) is 2. The van der Waals surface area contributed by atoms with E-state index in [1.807, 2.05) is 0 Å². The van der Waals surface area contributed by atoms with Gasteiger partial charge in [0, 0.05) is 117 Å². The van der Waals surface area contributed by atoms with Gasteiger partial charge in [-0.25, -0.2) is 16.8 Å². The molecule has 11 nitrogen and oxygen atoms in total. The first-order valence-electron chi connectivity index (χ1n) is 33.8. The van der Waals surface area contributed by atoms with Crippen molar-refractivity contribution < 1.29 is 39.8 Å². The molecule has 0 radical (unpaired) electrons. The van der Waals surface area contributed by atoms with Crippen LogP contribution in [0.15, 0.2) is 214 Å². The minimum atomic E-state index is -4.31. The van der Waals surface area contributed by atoms with Crippen LogP contribution >= 0.6 is 23.2 Å². The highest BCUT2D eigenvalue weighted by molar-refractivity contribution is 7.85. The molecule has 12 rings (SSSR count). The number of ether oxygens (including phenoxy) is 1. The minimum absolute atomic E-state index is 0.287. The second-order valence-electron chi connectivity index (χ2n) is 28.4. The lowest BCUT2D eigenvalue weighted by Crippen LogP contribution is -2.31. The van der Waals surface area contributed by atoms with Gasteiger partial charge in [-0.3, -0.25) is 0 Å². The number of allylic oxidation sites excluding steroid dienone is 16. The summed E-state index contributed by atoms with van der Waals surface area (Å²) in [6.45, 7) is 21.7. The minimum Gasteiger partial charge on any atom is -0.748 e. The van der Waals surface area contributed by atoms with Gasteiger partial charge in [-0.15, -0.1) is 0 Å². The summed E-state index contributed by atoms with van der Waals surface area (Å²) >= 11 is 15.0. The molecule has 0 saturated carbocycles. The Kier molecular flexibility index (Phi) is 19.5. The Hall–Kier alpha value is -6.94. The molecule has 0 fully saturated rings. The number of para-hydroxylation sites is 2. The van der Waals surface area contributed by atoms with Gasteiger partial charge in [0.05, 0.1) is 44.3 Å². The van der Waals surface area contributed by atoms with Crippen LogP contribution in [-0.2, 0) is 46.6 Å². The Balaban J connectivity index is 0.763. The third-order valence-corrected chi connectivity index (χ3v) is 23.3. The maximum Gasteiger partial charge on any atom is 0.210 e. The predicted molar refractivity (Wildman–Crippen MR) is 390 cm³/mol. The Morgan fingerprint density at radius 1 is 0.474 bits per heavy atom. The molecule has 0 saturated heterocycles. The van der Waals surface area contributed by atoms with Gasteiger partial charge in [-0.2, -0.15) is 9.15 Å². The number of hydrogen-bond donors (Lipinski definition) is 0. The molecule has 15 heteroatoms. The molecule has 0 atom stereocenters. The van der Waals surface area contributed by atoms with Crippen molar-refractivity contribution in [1.82, 2.24) is 0 Å². The SMILES string of the molecule is CC1(C)C(/C=C/C2=C(Cl)C(=C\C=C3/N(CCOCCN4/C(=C/C=C5/CCCC(/C=C/C6=[N+](CCCCS(=O)(=O)[O-])c7ccc8ccccc8c7C6(C)C)=C5Cl)C(C)(C)c5ccccc54)c4ccccc4C3(C)C)/CCC2)=[N+](CCCCS(=O)(=O)[O-])c2ccc3ccccc3c21. The molecule has 0 bridgehead atoms. The highest BCUT2D eigenvalue weighted by Gasteiger charge is 2.48. The maximum absolute atomic E-state index is 11.6. The summed E-state index contributed by atoms with van der Waals surface area (Å²) < 4.78 is 80.8. The van der Waals surface area contributed by atoms with Crippen LogP contribution in [0.1, 0.15) is 142 Å². The zero-order valence-electron chi connectivity index (χ0n) is 56.1. The Labute approximate surface area is 573 Å². The Morgan fingerprint density at radius 2 is 0.863 bits per heavy atom. The first kappa shape index (κ1) is 68.0. The number of hydrogen-bond acceptors (Lipinski definition) is 9. The number of fused-ring (bicyclic) bond motifs is 8. The molecule has 496 valence electrons. The van der Waals surface area contributed by atoms with Crippen LogP contribution in [0, 0.1) is 0 Å². The van der Waals surface area contributed by atoms with Crippen LogP contribution in [0.25, 0.3) is 21.5 Å². The summed E-state index contributed by atoms with van der Waals surface area (Å²) in [6, 6.07) is 42.9. The normalized spacial score (nSPS) is 20.8. The fourth-order valence-electron chi connectivity index (χ4n) is 16.0. The van der Waals surface area contributed by atoms with Crippen molar-refractivity contribution >= 4 is 99.2 Å². The molecule has 0 N–H and O–H groups in total. The van der Waals surface area contributed by atoms with Crippen LogP contribution in [0.5, 0.6) is 0 Å². The van der Waals surface area contributed by atoms with E-state index in [9.17, 15) is 25.9 Å². The van der Waals surface area contributed by atoms with Crippen LogP contribution in [0.2, 0.25) is 0 Å². The maximum atomic E-state index is 11.6. The highest BCUT2D eigenvalue weighted by atomic mass is 35.5. The van der Waals surface area contributed by atoms with Gasteiger partial charge in [0.1, 0.15) is 13.1 Å². The molecule has 0 aromatic heterocycles. The molecule has 6 aromatic carbocycles. The molecule has 6 aromatic rings. The smallest absolute Gasteiger partial charge is 0.210 e. The predicted octanol–water partition coefficient (Wildman–Crippen LogP) is 17.8. The molecule has 0 spiro atoms. The van der Waals surface area contributed by atoms with Crippen LogP contribution in [-0.4, -0.2) is 97.4 Å². The fraction of sp³-hybridized carbons (Fsp3) is 0.375. The van der Waals surface area contributed by atoms with Crippen molar-refractivity contribution in [3.05, 3.63) is 236 Å². The standard InChI is InChI=1S/C80H88Cl2N4O7S2/c1-77(2)63-31-13-15-33-65(63)85(69(77)43-37-57-25-21-27-59(75(57)81)39-45-71-79(5,6)73-61-29-11-9-23-55(61)35-41-67(73)83(71)47-17-19-53-94(87,88)89)49-51-93-52-50-86-66-34-16-14-32-64(66)78(3,4)70(86)44-38-58-26-22-28-60(76(58)82)40-46-72-80(7,8)74-62-30-12-10-24-56(62)36-42-68(74)84(72)48-18-20-54-95(90,91)92/h9-16,23-24,29-46H,17-22,25-28,47-54H2,1-8H3. The lowest BCUT2D eigenvalue weighted by Gasteiger charge is -2.28. The summed E-state index contributed by atoms with van der Waals surface area (Å²) in [5.41, 5.74) is 17.2. The van der Waals surface area contributed by atoms with E-state index >= 15 is 0 Å². The highest BCUT2D eigenvalue weighted by Crippen LogP contribution is 2.51. The van der Waals surface area contributed by atoms with E-state index < -0.39 is 20.2 Å². The van der Waals surface area contributed by atoms with E-state index in [2.05, 4.69) is 244 Å². The largest absolute Gasteiger partial charge is 0.748 e. The van der Waals surface area contributed by atoms with Crippen molar-refractivity contribution in [3.63, 3.8) is 0 Å². The van der Waals surface area contributed by atoms with Gasteiger partial charge < -0.3 is 23.6 Å². The second-order valence-corrected chi connectivity index (χ2v) is 32.2. The number of nitrogens with zero attached hydrogens (tertiary/aromatic N) is 4. The molecule has 4 heterocycles. The average molecular weight is 1350 g/mol. The molecule has 4 aliphatic heterocycles. The van der Waals surface area contributed by atoms with Crippen molar-refractivity contribution in [1.29, 1.82) is 0 Å². The summed E-state index contributed by atoms with van der Waals surface area (Å²) in [7, 11) is -8.61. The molecular weight excluding hydrogens is 1260 g/mol. The monoisotopic (exact) mass is 1350 g/mol.